The molecule has 0 fully saturated rings. The lowest BCUT2D eigenvalue weighted by Gasteiger charge is -2.16. The van der Waals surface area contributed by atoms with E-state index in [9.17, 15) is 9.59 Å². The van der Waals surface area contributed by atoms with E-state index in [2.05, 4.69) is 11.9 Å². The van der Waals surface area contributed by atoms with Crippen molar-refractivity contribution >= 4 is 29.1 Å². The highest BCUT2D eigenvalue weighted by Gasteiger charge is 2.16. The van der Waals surface area contributed by atoms with Gasteiger partial charge < -0.3 is 5.32 Å². The first-order chi connectivity index (χ1) is 7.20. The Labute approximate surface area is 91.6 Å². The van der Waals surface area contributed by atoms with Crippen LogP contribution in [0.15, 0.2) is 35.7 Å². The molecule has 4 heteroatoms. The molecule has 0 unspecified atom stereocenters. The van der Waals surface area contributed by atoms with Gasteiger partial charge in [-0.15, -0.1) is 11.8 Å². The Morgan fingerprint density at radius 1 is 1.53 bits per heavy atom. The fourth-order valence-electron chi connectivity index (χ4n) is 1.35. The molecule has 1 aliphatic heterocycles. The number of amides is 1. The molecule has 0 radical (unpaired) electrons. The van der Waals surface area contributed by atoms with Crippen molar-refractivity contribution in [3.63, 3.8) is 0 Å². The molecule has 0 spiro atoms. The molecule has 0 aliphatic carbocycles. The second kappa shape index (κ2) is 3.90. The smallest absolute Gasteiger partial charge is 0.234 e. The van der Waals surface area contributed by atoms with Crippen molar-refractivity contribution in [1.82, 2.24) is 0 Å². The van der Waals surface area contributed by atoms with Gasteiger partial charge in [-0.3, -0.25) is 9.59 Å². The van der Waals surface area contributed by atoms with Crippen molar-refractivity contribution in [2.24, 2.45) is 0 Å². The van der Waals surface area contributed by atoms with Gasteiger partial charge in [0.1, 0.15) is 0 Å². The van der Waals surface area contributed by atoms with Crippen LogP contribution in [0.3, 0.4) is 0 Å². The van der Waals surface area contributed by atoms with Crippen LogP contribution in [0.2, 0.25) is 0 Å². The number of carbonyl (C=O) groups excluding carboxylic acids is 2. The zero-order chi connectivity index (χ0) is 10.8. The van der Waals surface area contributed by atoms with Crippen LogP contribution in [0.1, 0.15) is 10.4 Å². The molecule has 1 aromatic rings. The van der Waals surface area contributed by atoms with E-state index >= 15 is 0 Å². The minimum absolute atomic E-state index is 0.0318. The number of ketones is 1. The summed E-state index contributed by atoms with van der Waals surface area (Å²) in [6, 6.07) is 5.27. The van der Waals surface area contributed by atoms with Gasteiger partial charge >= 0.3 is 0 Å². The van der Waals surface area contributed by atoms with Gasteiger partial charge in [0.25, 0.3) is 0 Å². The second-order valence-electron chi connectivity index (χ2n) is 3.12. The van der Waals surface area contributed by atoms with E-state index in [1.54, 1.807) is 12.1 Å². The van der Waals surface area contributed by atoms with Crippen molar-refractivity contribution in [2.75, 3.05) is 11.1 Å². The molecule has 1 N–H and O–H groups in total. The molecule has 1 aromatic carbocycles. The number of anilines is 1. The monoisotopic (exact) mass is 219 g/mol. The molecule has 1 amide bonds. The molecule has 1 heterocycles. The van der Waals surface area contributed by atoms with E-state index < -0.39 is 0 Å². The molecule has 15 heavy (non-hydrogen) atoms. The summed E-state index contributed by atoms with van der Waals surface area (Å²) in [5.41, 5.74) is 1.26. The first-order valence-corrected chi connectivity index (χ1v) is 5.43. The van der Waals surface area contributed by atoms with Gasteiger partial charge in [-0.05, 0) is 24.3 Å². The van der Waals surface area contributed by atoms with E-state index in [4.69, 9.17) is 0 Å². The maximum absolute atomic E-state index is 11.3. The summed E-state index contributed by atoms with van der Waals surface area (Å²) >= 11 is 1.48. The van der Waals surface area contributed by atoms with Gasteiger partial charge in [-0.25, -0.2) is 0 Å². The number of nitrogens with one attached hydrogen (secondary N) is 1. The van der Waals surface area contributed by atoms with Gasteiger partial charge in [0.2, 0.25) is 5.91 Å². The normalized spacial score (nSPS) is 14.0. The summed E-state index contributed by atoms with van der Waals surface area (Å²) in [5, 5.41) is 2.73. The lowest BCUT2D eigenvalue weighted by Crippen LogP contribution is -2.18. The van der Waals surface area contributed by atoms with E-state index in [1.807, 2.05) is 6.07 Å². The minimum Gasteiger partial charge on any atom is -0.324 e. The first kappa shape index (κ1) is 9.98. The molecule has 0 bridgehead atoms. The molecule has 0 atom stereocenters. The Morgan fingerprint density at radius 2 is 2.33 bits per heavy atom. The topological polar surface area (TPSA) is 46.2 Å². The maximum atomic E-state index is 11.3. The number of hydrogen-bond donors (Lipinski definition) is 1. The molecule has 0 aromatic heterocycles. The second-order valence-corrected chi connectivity index (χ2v) is 4.13. The van der Waals surface area contributed by atoms with E-state index in [1.165, 1.54) is 17.8 Å². The van der Waals surface area contributed by atoms with Crippen LogP contribution in [0.25, 0.3) is 0 Å². The average molecular weight is 219 g/mol. The summed E-state index contributed by atoms with van der Waals surface area (Å²) < 4.78 is 0. The molecule has 3 nitrogen and oxygen atoms in total. The highest BCUT2D eigenvalue weighted by Crippen LogP contribution is 2.31. The first-order valence-electron chi connectivity index (χ1n) is 4.44. The Balaban J connectivity index is 2.40. The summed E-state index contributed by atoms with van der Waals surface area (Å²) in [5.74, 6) is 0.264. The number of carbonyl (C=O) groups is 2. The largest absolute Gasteiger partial charge is 0.324 e. The molecule has 0 saturated heterocycles. The van der Waals surface area contributed by atoms with Crippen LogP contribution >= 0.6 is 11.8 Å². The lowest BCUT2D eigenvalue weighted by molar-refractivity contribution is -0.113. The van der Waals surface area contributed by atoms with Gasteiger partial charge in [-0.1, -0.05) is 6.58 Å². The predicted octanol–water partition coefficient (Wildman–Crippen LogP) is 2.10. The van der Waals surface area contributed by atoms with Crippen molar-refractivity contribution in [3.8, 4) is 0 Å². The van der Waals surface area contributed by atoms with E-state index in [-0.39, 0.29) is 11.7 Å². The van der Waals surface area contributed by atoms with Gasteiger partial charge in [0.15, 0.2) is 5.78 Å². The Morgan fingerprint density at radius 3 is 3.07 bits per heavy atom. The predicted molar refractivity (Wildman–Crippen MR) is 60.3 cm³/mol. The van der Waals surface area contributed by atoms with Crippen LogP contribution in [0.5, 0.6) is 0 Å². The third-order valence-electron chi connectivity index (χ3n) is 2.08. The summed E-state index contributed by atoms with van der Waals surface area (Å²) in [6.45, 7) is 3.42. The van der Waals surface area contributed by atoms with Crippen molar-refractivity contribution in [1.29, 1.82) is 0 Å². The molecule has 1 aliphatic rings. The molecular formula is C11H9NO2S. The van der Waals surface area contributed by atoms with Crippen LogP contribution < -0.4 is 5.32 Å². The van der Waals surface area contributed by atoms with Gasteiger partial charge in [0.05, 0.1) is 11.4 Å². The highest BCUT2D eigenvalue weighted by atomic mass is 32.2. The summed E-state index contributed by atoms with van der Waals surface area (Å²) in [6.07, 6.45) is 1.26. The summed E-state index contributed by atoms with van der Waals surface area (Å²) in [4.78, 5) is 23.5. The summed E-state index contributed by atoms with van der Waals surface area (Å²) in [7, 11) is 0. The zero-order valence-electron chi connectivity index (χ0n) is 7.95. The fraction of sp³-hybridized carbons (Fsp3) is 0.0909. The number of fused-ring (bicyclic) bond motifs is 1. The number of allylic oxidation sites excluding steroid dienone is 1. The molecule has 2 rings (SSSR count). The maximum Gasteiger partial charge on any atom is 0.234 e. The van der Waals surface area contributed by atoms with Crippen LogP contribution in [0.4, 0.5) is 5.69 Å². The Bertz CT molecular complexity index is 454. The van der Waals surface area contributed by atoms with Crippen molar-refractivity contribution in [3.05, 3.63) is 36.4 Å². The van der Waals surface area contributed by atoms with Crippen molar-refractivity contribution in [2.45, 2.75) is 4.90 Å². The molecular weight excluding hydrogens is 210 g/mol. The van der Waals surface area contributed by atoms with Crippen LogP contribution in [0, 0.1) is 0 Å². The van der Waals surface area contributed by atoms with Crippen LogP contribution in [-0.2, 0) is 4.79 Å². The third-order valence-corrected chi connectivity index (χ3v) is 3.16. The van der Waals surface area contributed by atoms with E-state index in [0.717, 1.165) is 4.90 Å². The zero-order valence-corrected chi connectivity index (χ0v) is 8.76. The average Bonchev–Trinajstić information content (AvgIpc) is 2.27. The molecule has 76 valence electrons. The fourth-order valence-corrected chi connectivity index (χ4v) is 2.14. The SMILES string of the molecule is C=CC(=O)c1ccc2c(c1)NC(=O)CS2. The quantitative estimate of drug-likeness (QED) is 0.612. The van der Waals surface area contributed by atoms with Crippen LogP contribution in [-0.4, -0.2) is 17.4 Å². The van der Waals surface area contributed by atoms with E-state index in [0.29, 0.717) is 17.0 Å². The number of rotatable bonds is 2. The Kier molecular flexibility index (Phi) is 2.60. The highest BCUT2D eigenvalue weighted by molar-refractivity contribution is 8.00. The molecule has 0 saturated carbocycles. The third kappa shape index (κ3) is 1.94. The minimum atomic E-state index is -0.136. The Hall–Kier alpha value is -1.55. The number of hydrogen-bond acceptors (Lipinski definition) is 3. The number of thioether (sulfide) groups is 1. The van der Waals surface area contributed by atoms with Gasteiger partial charge in [0, 0.05) is 10.5 Å². The lowest BCUT2D eigenvalue weighted by atomic mass is 10.1. The standard InChI is InChI=1S/C11H9NO2S/c1-2-9(13)7-3-4-10-8(5-7)12-11(14)6-15-10/h2-5H,1,6H2,(H,12,14). The van der Waals surface area contributed by atoms with Gasteiger partial charge in [-0.2, -0.15) is 0 Å². The van der Waals surface area contributed by atoms with Crippen molar-refractivity contribution < 1.29 is 9.59 Å². The number of benzene rings is 1.